The molecule has 0 aromatic heterocycles. The van der Waals surface area contributed by atoms with Crippen molar-refractivity contribution < 1.29 is 88.6 Å². The predicted molar refractivity (Wildman–Crippen MR) is 388 cm³/mol. The van der Waals surface area contributed by atoms with Gasteiger partial charge in [0.2, 0.25) is 70.9 Å². The van der Waals surface area contributed by atoms with Crippen LogP contribution in [0.1, 0.15) is 195 Å². The second kappa shape index (κ2) is 37.2. The minimum Gasteiger partial charge on any atom is -0.377 e. The second-order valence-electron chi connectivity index (χ2n) is 33.1. The Morgan fingerprint density at radius 1 is 0.602 bits per heavy atom. The Labute approximate surface area is 637 Å². The zero-order valence-electron chi connectivity index (χ0n) is 65.3. The van der Waals surface area contributed by atoms with Gasteiger partial charge in [-0.3, -0.25) is 57.5 Å². The van der Waals surface area contributed by atoms with Crippen LogP contribution >= 0.6 is 11.6 Å². The number of rotatable bonds is 13. The normalized spacial score (nSPS) is 32.5. The van der Waals surface area contributed by atoms with E-state index >= 15 is 28.8 Å². The first kappa shape index (κ1) is 87.1. The van der Waals surface area contributed by atoms with E-state index in [0.29, 0.717) is 51.4 Å². The molecular formula is C76H119ClF6N12O13. The Morgan fingerprint density at radius 3 is 1.78 bits per heavy atom. The van der Waals surface area contributed by atoms with Crippen molar-refractivity contribution in [2.45, 2.75) is 272 Å². The molecule has 3 saturated heterocycles. The molecular weight excluding hydrogens is 1440 g/mol. The zero-order chi connectivity index (χ0) is 79.8. The number of amides is 12. The summed E-state index contributed by atoms with van der Waals surface area (Å²) in [6.45, 7) is 5.67. The summed E-state index contributed by atoms with van der Waals surface area (Å²) in [7, 11) is 11.3. The zero-order valence-corrected chi connectivity index (χ0v) is 66.0. The van der Waals surface area contributed by atoms with Crippen LogP contribution in [0.2, 0.25) is 0 Å². The summed E-state index contributed by atoms with van der Waals surface area (Å²) >= 11 is 6.44. The van der Waals surface area contributed by atoms with Gasteiger partial charge >= 0.3 is 12.4 Å². The van der Waals surface area contributed by atoms with Gasteiger partial charge in [0.05, 0.1) is 37.5 Å². The minimum atomic E-state index is -4.57. The first-order valence-corrected chi connectivity index (χ1v) is 39.8. The Bertz CT molecular complexity index is 3220. The first-order valence-electron chi connectivity index (χ1n) is 39.4. The van der Waals surface area contributed by atoms with Crippen LogP contribution in [-0.4, -0.2) is 282 Å². The largest absolute Gasteiger partial charge is 0.393 e. The number of halogens is 7. The summed E-state index contributed by atoms with van der Waals surface area (Å²) in [5, 5.41) is 7.46. The third kappa shape index (κ3) is 21.2. The van der Waals surface area contributed by atoms with Gasteiger partial charge in [-0.2, -0.15) is 26.3 Å². The Kier molecular flexibility index (Phi) is 30.0. The number of hydrogen-bond donors (Lipinski definition) is 3. The van der Waals surface area contributed by atoms with Gasteiger partial charge < -0.3 is 64.8 Å². The SMILES string of the molecule is CCO[C@@H]1C[C@H]2C(=O)NC3(CCCC3)C(=O)N(C)[C@@H](C3CCCC3)C(=O)N(C)[C@H](C(=O)N(C)C)CC(=O)N(C)[C@@H](CC3CC3)C(=O)N[C@@H]([C@@H](C)CC)C(=O)N(C)CC(=O)N(C)[C@H]3CC[C@@H](C)CN(C3=O)[C@@H](CC3CCC(C(F)(F)F)CC3)C(=O)N(C)CC(=O)N[C@@H](CCC3CCC(C(F)(F)F)C(Cl)C3)C(=O)N2C1. The maximum atomic E-state index is 15.8. The van der Waals surface area contributed by atoms with E-state index in [9.17, 15) is 55.1 Å². The highest BCUT2D eigenvalue weighted by atomic mass is 35.5. The first-order chi connectivity index (χ1) is 50.7. The third-order valence-corrected chi connectivity index (χ3v) is 25.6. The fourth-order valence-electron chi connectivity index (χ4n) is 17.9. The lowest BCUT2D eigenvalue weighted by molar-refractivity contribution is -0.184. The quantitative estimate of drug-likeness (QED) is 0.125. The molecule has 3 aliphatic heterocycles. The predicted octanol–water partition coefficient (Wildman–Crippen LogP) is 6.90. The van der Waals surface area contributed by atoms with Gasteiger partial charge in [0.1, 0.15) is 53.9 Å². The fraction of sp³-hybridized carbons (Fsp3) is 0.842. The highest BCUT2D eigenvalue weighted by molar-refractivity contribution is 6.21. The number of carbonyl (C=O) groups is 12. The molecule has 3 unspecified atom stereocenters. The summed E-state index contributed by atoms with van der Waals surface area (Å²) in [4.78, 5) is 193. The molecule has 5 saturated carbocycles. The lowest BCUT2D eigenvalue weighted by Crippen LogP contribution is -2.65. The van der Waals surface area contributed by atoms with E-state index in [1.165, 1.54) is 90.7 Å². The smallest absolute Gasteiger partial charge is 0.377 e. The summed E-state index contributed by atoms with van der Waals surface area (Å²) in [6.07, 6.45) is -5.28. The summed E-state index contributed by atoms with van der Waals surface area (Å²) in [5.41, 5.74) is -1.65. The van der Waals surface area contributed by atoms with Crippen LogP contribution in [0, 0.1) is 47.3 Å². The fourth-order valence-corrected chi connectivity index (χ4v) is 18.4. The molecule has 5 aliphatic carbocycles. The second-order valence-corrected chi connectivity index (χ2v) is 33.7. The molecule has 3 N–H and O–H groups in total. The molecule has 12 amide bonds. The van der Waals surface area contributed by atoms with Gasteiger partial charge in [-0.25, -0.2) is 0 Å². The Morgan fingerprint density at radius 2 is 1.20 bits per heavy atom. The van der Waals surface area contributed by atoms with Crippen molar-refractivity contribution in [3.8, 4) is 0 Å². The van der Waals surface area contributed by atoms with Crippen molar-refractivity contribution in [2.75, 3.05) is 89.2 Å². The lowest BCUT2D eigenvalue weighted by Gasteiger charge is -2.42. The molecule has 14 atom stereocenters. The average molecular weight is 1560 g/mol. The van der Waals surface area contributed by atoms with E-state index < -0.39 is 204 Å². The molecule has 1 spiro atoms. The van der Waals surface area contributed by atoms with Gasteiger partial charge in [-0.15, -0.1) is 11.6 Å². The molecule has 25 nitrogen and oxygen atoms in total. The van der Waals surface area contributed by atoms with Crippen molar-refractivity contribution >= 4 is 82.5 Å². The Hall–Kier alpha value is -6.53. The third-order valence-electron chi connectivity index (χ3n) is 25.1. The molecule has 8 fully saturated rings. The number of fused-ring (bicyclic) bond motifs is 3. The van der Waals surface area contributed by atoms with Crippen molar-refractivity contribution in [3.63, 3.8) is 0 Å². The summed E-state index contributed by atoms with van der Waals surface area (Å²) in [5.74, 6) is -14.2. The van der Waals surface area contributed by atoms with Crippen molar-refractivity contribution in [1.29, 1.82) is 0 Å². The number of ether oxygens (including phenoxy) is 1. The summed E-state index contributed by atoms with van der Waals surface area (Å²) < 4.78 is 91.0. The number of hydrogen-bond acceptors (Lipinski definition) is 13. The number of likely N-dealkylation sites (N-methyl/N-ethyl adjacent to an activating group) is 7. The maximum absolute atomic E-state index is 15.8. The standard InChI is InChI=1S/C76H119ClF6N12O13/c1-13-45(4)63-71(105)89(8)43-62(98)90(9)55-32-21-44(3)40-94(70(55)104)59(37-48-24-28-50(29-25-48)75(78,79)80)69(103)88(7)42-60(96)84-54(31-27-46-26-30-52(53(77)35-46)76(81,82)83)67(101)95-41-51(108-14-2)38-57(95)66(100)86-74(33-17-18-34-74)73(107)93(12)64(49-19-15-16-20-49)72(106)92(11)58(68(102)87(5)6)39-61(97)91(10)56(65(99)85-63)36-47-22-23-47/h44-59,63-64H,13-43H2,1-12H3,(H,84,96)(H,85,99)(H,86,100)/t44-,45+,46?,48?,50?,51-,52?,53?,54+,55+,56+,57+,58+,59+,63+,64+/m1/s1. The maximum Gasteiger partial charge on any atom is 0.393 e. The summed E-state index contributed by atoms with van der Waals surface area (Å²) in [6, 6.07) is -10.6. The molecule has 8 rings (SSSR count). The molecule has 0 aromatic carbocycles. The van der Waals surface area contributed by atoms with E-state index in [0.717, 1.165) is 22.6 Å². The van der Waals surface area contributed by atoms with Crippen LogP contribution in [0.25, 0.3) is 0 Å². The van der Waals surface area contributed by atoms with Crippen LogP contribution in [0.15, 0.2) is 0 Å². The van der Waals surface area contributed by atoms with Crippen LogP contribution in [0.4, 0.5) is 26.3 Å². The van der Waals surface area contributed by atoms with E-state index in [2.05, 4.69) is 16.0 Å². The van der Waals surface area contributed by atoms with Crippen LogP contribution < -0.4 is 16.0 Å². The van der Waals surface area contributed by atoms with Crippen LogP contribution in [-0.2, 0) is 62.3 Å². The van der Waals surface area contributed by atoms with Crippen molar-refractivity contribution in [2.24, 2.45) is 47.3 Å². The van der Waals surface area contributed by atoms with E-state index in [-0.39, 0.29) is 128 Å². The van der Waals surface area contributed by atoms with E-state index in [4.69, 9.17) is 16.3 Å². The van der Waals surface area contributed by atoms with Crippen molar-refractivity contribution in [1.82, 2.24) is 60.0 Å². The molecule has 2 bridgehead atoms. The molecule has 3 heterocycles. The number of nitrogens with zero attached hydrogens (tertiary/aromatic N) is 9. The number of carbonyl (C=O) groups excluding carboxylic acids is 12. The van der Waals surface area contributed by atoms with Gasteiger partial charge in [-0.05, 0) is 152 Å². The lowest BCUT2D eigenvalue weighted by atomic mass is 9.78. The monoisotopic (exact) mass is 1560 g/mol. The average Bonchev–Trinajstić information content (AvgIpc) is 1.56. The van der Waals surface area contributed by atoms with Gasteiger partial charge in [0, 0.05) is 87.9 Å². The van der Waals surface area contributed by atoms with Gasteiger partial charge in [0.15, 0.2) is 0 Å². The van der Waals surface area contributed by atoms with Gasteiger partial charge in [-0.1, -0.05) is 65.7 Å². The topological polar surface area (TPSA) is 279 Å². The highest BCUT2D eigenvalue weighted by Crippen LogP contribution is 2.46. The molecule has 108 heavy (non-hydrogen) atoms. The number of nitrogens with one attached hydrogen (secondary N) is 3. The molecule has 0 aromatic rings. The van der Waals surface area contributed by atoms with Crippen molar-refractivity contribution in [3.05, 3.63) is 0 Å². The molecule has 32 heteroatoms. The van der Waals surface area contributed by atoms with Crippen LogP contribution in [0.5, 0.6) is 0 Å². The highest BCUT2D eigenvalue weighted by Gasteiger charge is 2.54. The molecule has 610 valence electrons. The molecule has 0 radical (unpaired) electrons. The molecule has 8 aliphatic rings. The van der Waals surface area contributed by atoms with E-state index in [1.54, 1.807) is 13.8 Å². The van der Waals surface area contributed by atoms with Gasteiger partial charge in [0.25, 0.3) is 0 Å². The van der Waals surface area contributed by atoms with E-state index in [1.807, 2.05) is 13.8 Å². The van der Waals surface area contributed by atoms with Crippen LogP contribution in [0.3, 0.4) is 0 Å². The number of alkyl halides is 7. The Balaban J connectivity index is 1.20. The minimum absolute atomic E-state index is 0.0256.